The van der Waals surface area contributed by atoms with E-state index >= 15 is 0 Å². The summed E-state index contributed by atoms with van der Waals surface area (Å²) in [5.74, 6) is 1.93. The van der Waals surface area contributed by atoms with Crippen molar-refractivity contribution in [2.24, 2.45) is 11.8 Å². The SMILES string of the molecule is CC(C)C[CH2][Hg][S][Hg][CH2]CC(C)C. The summed E-state index contributed by atoms with van der Waals surface area (Å²) in [5.41, 5.74) is 0. The molecule has 0 fully saturated rings. The standard InChI is InChI=1S/2C5H11.2Hg.S/c2*1-4-5(2)3;;;/h2*5H,1,4H2,2-3H3;;;. The molecular weight excluding hydrogens is 553 g/mol. The van der Waals surface area contributed by atoms with Crippen molar-refractivity contribution in [1.82, 2.24) is 0 Å². The summed E-state index contributed by atoms with van der Waals surface area (Å²) in [6.07, 6.45) is 3.07. The second-order valence-corrected chi connectivity index (χ2v) is 67.5. The van der Waals surface area contributed by atoms with Crippen molar-refractivity contribution in [3.8, 4) is 0 Å². The van der Waals surface area contributed by atoms with Gasteiger partial charge in [-0.05, 0) is 0 Å². The summed E-state index contributed by atoms with van der Waals surface area (Å²) in [6.45, 7) is 9.45. The van der Waals surface area contributed by atoms with Crippen molar-refractivity contribution in [2.45, 2.75) is 48.4 Å². The van der Waals surface area contributed by atoms with E-state index in [2.05, 4.69) is 32.4 Å². The molecule has 0 aliphatic rings. The summed E-state index contributed by atoms with van der Waals surface area (Å²) < 4.78 is 5.95. The van der Waals surface area contributed by atoms with Crippen molar-refractivity contribution >= 4 is 4.72 Å². The van der Waals surface area contributed by atoms with Crippen LogP contribution in [0.5, 0.6) is 0 Å². The van der Waals surface area contributed by atoms with E-state index in [4.69, 9.17) is 0 Å². The first kappa shape index (κ1) is 15.2. The van der Waals surface area contributed by atoms with Gasteiger partial charge in [0.05, 0.1) is 0 Å². The van der Waals surface area contributed by atoms with E-state index in [0.29, 0.717) is 0 Å². The zero-order valence-corrected chi connectivity index (χ0v) is 21.6. The zero-order valence-electron chi connectivity index (χ0n) is 9.81. The van der Waals surface area contributed by atoms with Crippen molar-refractivity contribution < 1.29 is 46.1 Å². The Morgan fingerprint density at radius 2 is 1.23 bits per heavy atom. The predicted octanol–water partition coefficient (Wildman–Crippen LogP) is 4.64. The van der Waals surface area contributed by atoms with Crippen molar-refractivity contribution in [2.75, 3.05) is 0 Å². The van der Waals surface area contributed by atoms with Crippen LogP contribution in [0.2, 0.25) is 7.86 Å². The van der Waals surface area contributed by atoms with Crippen LogP contribution in [0, 0.1) is 11.8 Å². The molecule has 0 N–H and O–H groups in total. The Morgan fingerprint density at radius 3 is 1.54 bits per heavy atom. The molecule has 0 aromatic carbocycles. The van der Waals surface area contributed by atoms with Crippen LogP contribution in [-0.4, -0.2) is 0 Å². The summed E-state index contributed by atoms with van der Waals surface area (Å²) >= 11 is -0.679. The van der Waals surface area contributed by atoms with Gasteiger partial charge in [0.1, 0.15) is 0 Å². The fourth-order valence-corrected chi connectivity index (χ4v) is 82.3. The molecule has 0 radical (unpaired) electrons. The molecule has 0 aliphatic carbocycles. The van der Waals surface area contributed by atoms with Gasteiger partial charge in [0.2, 0.25) is 0 Å². The molecule has 0 aliphatic heterocycles. The van der Waals surface area contributed by atoms with Crippen LogP contribution in [0.3, 0.4) is 0 Å². The molecule has 0 aromatic heterocycles. The van der Waals surface area contributed by atoms with Crippen LogP contribution in [0.25, 0.3) is 0 Å². The molecule has 0 amide bonds. The Balaban J connectivity index is 2.92. The third kappa shape index (κ3) is 14.2. The Hall–Kier alpha value is 2.22. The van der Waals surface area contributed by atoms with Crippen molar-refractivity contribution in [3.63, 3.8) is 0 Å². The Morgan fingerprint density at radius 1 is 0.846 bits per heavy atom. The summed E-state index contributed by atoms with van der Waals surface area (Å²) in [5, 5.41) is 0. The fourth-order valence-electron chi connectivity index (χ4n) is 1.29. The van der Waals surface area contributed by atoms with Gasteiger partial charge in [-0.1, -0.05) is 0 Å². The Kier molecular flexibility index (Phi) is 12.6. The molecule has 0 bridgehead atoms. The molecule has 0 atom stereocenters. The van der Waals surface area contributed by atoms with E-state index in [1.807, 2.05) is 0 Å². The zero-order chi connectivity index (χ0) is 10.1. The summed E-state index contributed by atoms with van der Waals surface area (Å²) in [7, 11) is 0. The molecule has 0 saturated heterocycles. The second-order valence-electron chi connectivity index (χ2n) is 4.68. The molecule has 0 spiro atoms. The molecule has 0 aromatic rings. The molecule has 0 nitrogen and oxygen atoms in total. The quantitative estimate of drug-likeness (QED) is 0.300. The van der Waals surface area contributed by atoms with Crippen LogP contribution in [0.1, 0.15) is 40.5 Å². The van der Waals surface area contributed by atoms with Gasteiger partial charge in [0, 0.05) is 0 Å². The minimum atomic E-state index is -0.340. The molecule has 13 heavy (non-hydrogen) atoms. The Labute approximate surface area is 110 Å². The van der Waals surface area contributed by atoms with Gasteiger partial charge in [0.25, 0.3) is 0 Å². The van der Waals surface area contributed by atoms with Crippen LogP contribution in [-0.2, 0) is 46.1 Å². The predicted molar refractivity (Wildman–Crippen MR) is 56.1 cm³/mol. The van der Waals surface area contributed by atoms with Crippen molar-refractivity contribution in [3.05, 3.63) is 0 Å². The van der Waals surface area contributed by atoms with Crippen molar-refractivity contribution in [1.29, 1.82) is 0 Å². The van der Waals surface area contributed by atoms with Gasteiger partial charge >= 0.3 is 111 Å². The van der Waals surface area contributed by atoms with Crippen LogP contribution < -0.4 is 0 Å². The first-order chi connectivity index (χ1) is 6.13. The fraction of sp³-hybridized carbons (Fsp3) is 1.00. The minimum absolute atomic E-state index is 0.340. The molecular formula is C10H22Hg2S. The van der Waals surface area contributed by atoms with Gasteiger partial charge in [-0.3, -0.25) is 0 Å². The molecule has 0 unspecified atom stereocenters. The van der Waals surface area contributed by atoms with Gasteiger partial charge < -0.3 is 0 Å². The average molecular weight is 576 g/mol. The third-order valence-electron chi connectivity index (χ3n) is 2.14. The summed E-state index contributed by atoms with van der Waals surface area (Å²) in [6, 6.07) is 0. The molecule has 72 valence electrons. The number of hydrogen-bond acceptors (Lipinski definition) is 1. The molecule has 3 heteroatoms. The first-order valence-electron chi connectivity index (χ1n) is 5.70. The molecule has 0 rings (SSSR count). The van der Waals surface area contributed by atoms with E-state index in [-0.39, 0.29) is 46.1 Å². The third-order valence-corrected chi connectivity index (χ3v) is 79.0. The molecule has 0 saturated carbocycles. The van der Waals surface area contributed by atoms with Gasteiger partial charge in [-0.25, -0.2) is 0 Å². The maximum absolute atomic E-state index is 2.58. The molecule has 0 heterocycles. The maximum atomic E-state index is 2.58. The monoisotopic (exact) mass is 578 g/mol. The van der Waals surface area contributed by atoms with E-state index in [1.165, 1.54) is 12.8 Å². The normalized spacial score (nSPS) is 10.3. The van der Waals surface area contributed by atoms with E-state index < -0.39 is 0 Å². The van der Waals surface area contributed by atoms with E-state index in [0.717, 1.165) is 11.8 Å². The summed E-state index contributed by atoms with van der Waals surface area (Å²) in [4.78, 5) is 0. The number of hydrogen-bond donors (Lipinski definition) is 0. The van der Waals surface area contributed by atoms with Gasteiger partial charge in [-0.15, -0.1) is 0 Å². The number of rotatable bonds is 8. The van der Waals surface area contributed by atoms with Crippen LogP contribution in [0.15, 0.2) is 0 Å². The topological polar surface area (TPSA) is 0 Å². The van der Waals surface area contributed by atoms with E-state index in [1.54, 1.807) is 7.86 Å². The van der Waals surface area contributed by atoms with Crippen LogP contribution >= 0.6 is 4.72 Å². The Bertz CT molecular complexity index is 93.1. The van der Waals surface area contributed by atoms with Gasteiger partial charge in [0.15, 0.2) is 0 Å². The van der Waals surface area contributed by atoms with Crippen LogP contribution in [0.4, 0.5) is 0 Å². The van der Waals surface area contributed by atoms with E-state index in [9.17, 15) is 0 Å². The first-order valence-corrected chi connectivity index (χ1v) is 28.1. The second kappa shape index (κ2) is 10.7. The average Bonchev–Trinajstić information content (AvgIpc) is 2.01. The van der Waals surface area contributed by atoms with Gasteiger partial charge in [-0.2, -0.15) is 0 Å².